The Bertz CT molecular complexity index is 708. The van der Waals surface area contributed by atoms with Crippen molar-refractivity contribution in [1.29, 1.82) is 0 Å². The minimum absolute atomic E-state index is 0.0226. The Morgan fingerprint density at radius 2 is 1.88 bits per heavy atom. The molecule has 0 radical (unpaired) electrons. The molecule has 2 rings (SSSR count). The number of carbonyl (C=O) groups is 2. The van der Waals surface area contributed by atoms with Crippen LogP contribution in [0.25, 0.3) is 0 Å². The van der Waals surface area contributed by atoms with Crippen molar-refractivity contribution in [2.75, 3.05) is 24.6 Å². The third-order valence-electron chi connectivity index (χ3n) is 3.61. The Hall–Kier alpha value is -2.16. The SMILES string of the molecule is O=C(NCCCNC(=O)c1ccccc1F)NC1CCS(=O)(=O)C1. The first-order valence-corrected chi connectivity index (χ1v) is 9.47. The number of sulfone groups is 1. The second-order valence-corrected chi connectivity index (χ2v) is 7.82. The summed E-state index contributed by atoms with van der Waals surface area (Å²) in [5, 5.41) is 7.76. The number of hydrogen-bond donors (Lipinski definition) is 3. The lowest BCUT2D eigenvalue weighted by Gasteiger charge is -2.12. The summed E-state index contributed by atoms with van der Waals surface area (Å²) in [6.45, 7) is 0.591. The largest absolute Gasteiger partial charge is 0.352 e. The fourth-order valence-corrected chi connectivity index (χ4v) is 4.05. The number of halogens is 1. The first kappa shape index (κ1) is 18.2. The van der Waals surface area contributed by atoms with Crippen LogP contribution in [-0.2, 0) is 9.84 Å². The van der Waals surface area contributed by atoms with Crippen molar-refractivity contribution in [2.24, 2.45) is 0 Å². The molecule has 9 heteroatoms. The number of carbonyl (C=O) groups excluding carboxylic acids is 2. The topological polar surface area (TPSA) is 104 Å². The van der Waals surface area contributed by atoms with E-state index in [0.717, 1.165) is 0 Å². The number of hydrogen-bond acceptors (Lipinski definition) is 4. The minimum atomic E-state index is -3.03. The zero-order valence-electron chi connectivity index (χ0n) is 13.0. The Balaban J connectivity index is 1.60. The molecule has 0 aromatic heterocycles. The van der Waals surface area contributed by atoms with Gasteiger partial charge in [0.15, 0.2) is 9.84 Å². The number of nitrogens with one attached hydrogen (secondary N) is 3. The van der Waals surface area contributed by atoms with Gasteiger partial charge in [0, 0.05) is 19.1 Å². The van der Waals surface area contributed by atoms with E-state index < -0.39 is 27.6 Å². The van der Waals surface area contributed by atoms with Crippen molar-refractivity contribution in [3.63, 3.8) is 0 Å². The average Bonchev–Trinajstić information content (AvgIpc) is 2.86. The lowest BCUT2D eigenvalue weighted by Crippen LogP contribution is -2.43. The van der Waals surface area contributed by atoms with Crippen LogP contribution in [0.2, 0.25) is 0 Å². The predicted octanol–water partition coefficient (Wildman–Crippen LogP) is 0.432. The van der Waals surface area contributed by atoms with Crippen molar-refractivity contribution in [3.8, 4) is 0 Å². The molecule has 1 aliphatic heterocycles. The van der Waals surface area contributed by atoms with Gasteiger partial charge in [-0.15, -0.1) is 0 Å². The van der Waals surface area contributed by atoms with Crippen molar-refractivity contribution in [1.82, 2.24) is 16.0 Å². The fourth-order valence-electron chi connectivity index (χ4n) is 2.38. The molecular weight excluding hydrogens is 337 g/mol. The molecule has 3 amide bonds. The summed E-state index contributed by atoms with van der Waals surface area (Å²) in [5.41, 5.74) is -0.0226. The highest BCUT2D eigenvalue weighted by Crippen LogP contribution is 2.10. The van der Waals surface area contributed by atoms with Crippen molar-refractivity contribution < 1.29 is 22.4 Å². The van der Waals surface area contributed by atoms with Crippen LogP contribution in [0.15, 0.2) is 24.3 Å². The standard InChI is InChI=1S/C15H20FN3O4S/c16-13-5-2-1-4-12(13)14(20)17-7-3-8-18-15(21)19-11-6-9-24(22,23)10-11/h1-2,4-5,11H,3,6-10H2,(H,17,20)(H2,18,19,21). The van der Waals surface area contributed by atoms with Crippen molar-refractivity contribution >= 4 is 21.8 Å². The van der Waals surface area contributed by atoms with Gasteiger partial charge in [-0.05, 0) is 25.0 Å². The van der Waals surface area contributed by atoms with Gasteiger partial charge < -0.3 is 16.0 Å². The van der Waals surface area contributed by atoms with Crippen molar-refractivity contribution in [2.45, 2.75) is 18.9 Å². The van der Waals surface area contributed by atoms with Gasteiger partial charge in [-0.2, -0.15) is 0 Å². The van der Waals surface area contributed by atoms with Gasteiger partial charge in [-0.3, -0.25) is 4.79 Å². The van der Waals surface area contributed by atoms with E-state index in [-0.39, 0.29) is 29.7 Å². The summed E-state index contributed by atoms with van der Waals surface area (Å²) >= 11 is 0. The summed E-state index contributed by atoms with van der Waals surface area (Å²) in [6, 6.07) is 4.90. The van der Waals surface area contributed by atoms with E-state index in [1.807, 2.05) is 0 Å². The second-order valence-electron chi connectivity index (χ2n) is 5.59. The number of benzene rings is 1. The third kappa shape index (κ3) is 5.48. The molecule has 0 bridgehead atoms. The lowest BCUT2D eigenvalue weighted by molar-refractivity contribution is 0.0949. The van der Waals surface area contributed by atoms with E-state index in [9.17, 15) is 22.4 Å². The molecule has 1 saturated heterocycles. The van der Waals surface area contributed by atoms with Crippen LogP contribution in [-0.4, -0.2) is 51.0 Å². The molecule has 1 aromatic rings. The fraction of sp³-hybridized carbons (Fsp3) is 0.467. The summed E-state index contributed by atoms with van der Waals surface area (Å²) in [7, 11) is -3.03. The van der Waals surface area contributed by atoms with Gasteiger partial charge in [0.1, 0.15) is 5.82 Å². The zero-order valence-corrected chi connectivity index (χ0v) is 13.9. The van der Waals surface area contributed by atoms with E-state index in [1.165, 1.54) is 18.2 Å². The molecule has 1 atom stereocenters. The molecule has 0 saturated carbocycles. The van der Waals surface area contributed by atoms with E-state index in [4.69, 9.17) is 0 Å². The number of rotatable bonds is 6. The molecule has 3 N–H and O–H groups in total. The first-order valence-electron chi connectivity index (χ1n) is 7.65. The molecular formula is C15H20FN3O4S. The summed E-state index contributed by atoms with van der Waals surface area (Å²) in [4.78, 5) is 23.4. The van der Waals surface area contributed by atoms with E-state index in [0.29, 0.717) is 19.4 Å². The Labute approximate surface area is 139 Å². The summed E-state index contributed by atoms with van der Waals surface area (Å²) in [6.07, 6.45) is 0.894. The number of amides is 3. The van der Waals surface area contributed by atoms with Crippen molar-refractivity contribution in [3.05, 3.63) is 35.6 Å². The Kier molecular flexibility index (Phi) is 6.13. The van der Waals surface area contributed by atoms with Gasteiger partial charge in [0.2, 0.25) is 0 Å². The number of urea groups is 1. The molecule has 1 unspecified atom stereocenters. The molecule has 1 heterocycles. The highest BCUT2D eigenvalue weighted by Gasteiger charge is 2.28. The Morgan fingerprint density at radius 1 is 1.17 bits per heavy atom. The monoisotopic (exact) mass is 357 g/mol. The van der Waals surface area contributed by atoms with E-state index in [1.54, 1.807) is 6.07 Å². The second kappa shape index (κ2) is 8.09. The molecule has 1 fully saturated rings. The first-order chi connectivity index (χ1) is 11.4. The molecule has 1 aliphatic rings. The quantitative estimate of drug-likeness (QED) is 0.642. The van der Waals surface area contributed by atoms with E-state index >= 15 is 0 Å². The maximum atomic E-state index is 13.4. The van der Waals surface area contributed by atoms with Crippen LogP contribution in [0.3, 0.4) is 0 Å². The normalized spacial score (nSPS) is 18.8. The van der Waals surface area contributed by atoms with Crippen LogP contribution in [0.5, 0.6) is 0 Å². The lowest BCUT2D eigenvalue weighted by atomic mass is 10.2. The van der Waals surface area contributed by atoms with Crippen LogP contribution < -0.4 is 16.0 Å². The van der Waals surface area contributed by atoms with Crippen LogP contribution in [0.1, 0.15) is 23.2 Å². The van der Waals surface area contributed by atoms with Crippen LogP contribution in [0.4, 0.5) is 9.18 Å². The maximum absolute atomic E-state index is 13.4. The summed E-state index contributed by atoms with van der Waals surface area (Å²) in [5.74, 6) is -1.02. The third-order valence-corrected chi connectivity index (χ3v) is 5.38. The van der Waals surface area contributed by atoms with Gasteiger partial charge in [0.05, 0.1) is 17.1 Å². The zero-order chi connectivity index (χ0) is 17.6. The van der Waals surface area contributed by atoms with Gasteiger partial charge in [-0.25, -0.2) is 17.6 Å². The van der Waals surface area contributed by atoms with E-state index in [2.05, 4.69) is 16.0 Å². The molecule has 132 valence electrons. The van der Waals surface area contributed by atoms with Gasteiger partial charge in [0.25, 0.3) is 5.91 Å². The Morgan fingerprint density at radius 3 is 2.54 bits per heavy atom. The average molecular weight is 357 g/mol. The van der Waals surface area contributed by atoms with Gasteiger partial charge >= 0.3 is 6.03 Å². The molecule has 1 aromatic carbocycles. The van der Waals surface area contributed by atoms with Crippen LogP contribution >= 0.6 is 0 Å². The highest BCUT2D eigenvalue weighted by atomic mass is 32.2. The molecule has 24 heavy (non-hydrogen) atoms. The minimum Gasteiger partial charge on any atom is -0.352 e. The predicted molar refractivity (Wildman–Crippen MR) is 86.9 cm³/mol. The highest BCUT2D eigenvalue weighted by molar-refractivity contribution is 7.91. The van der Waals surface area contributed by atoms with Gasteiger partial charge in [-0.1, -0.05) is 12.1 Å². The molecule has 7 nitrogen and oxygen atoms in total. The summed E-state index contributed by atoms with van der Waals surface area (Å²) < 4.78 is 36.0. The molecule has 0 spiro atoms. The smallest absolute Gasteiger partial charge is 0.315 e. The van der Waals surface area contributed by atoms with Crippen LogP contribution in [0, 0.1) is 5.82 Å². The maximum Gasteiger partial charge on any atom is 0.315 e. The molecule has 0 aliphatic carbocycles.